The largest absolute Gasteiger partial charge is 0.461 e. The number of nitrogens with one attached hydrogen (secondary N) is 1. The Labute approximate surface area is 124 Å². The van der Waals surface area contributed by atoms with Gasteiger partial charge in [-0.1, -0.05) is 0 Å². The minimum Gasteiger partial charge on any atom is -0.461 e. The lowest BCUT2D eigenvalue weighted by molar-refractivity contribution is 0.0441. The SMILES string of the molecule is CCOC(=O)c1ncoc1C(C)(C)NC(=O)OC(C)(C)C. The van der Waals surface area contributed by atoms with Crippen LogP contribution in [-0.2, 0) is 15.0 Å². The fourth-order valence-corrected chi connectivity index (χ4v) is 1.65. The van der Waals surface area contributed by atoms with Crippen molar-refractivity contribution in [1.82, 2.24) is 10.3 Å². The molecule has 7 nitrogen and oxygen atoms in total. The van der Waals surface area contributed by atoms with Crippen molar-refractivity contribution in [3.63, 3.8) is 0 Å². The standard InChI is InChI=1S/C14H22N2O5/c1-7-19-11(17)9-10(20-8-15-9)14(5,6)16-12(18)21-13(2,3)4/h8H,7H2,1-6H3,(H,16,18). The predicted octanol–water partition coefficient (Wildman–Crippen LogP) is 2.61. The minimum absolute atomic E-state index is 0.0397. The molecule has 1 N–H and O–H groups in total. The first-order valence-corrected chi connectivity index (χ1v) is 6.69. The first kappa shape index (κ1) is 17.0. The van der Waals surface area contributed by atoms with E-state index in [2.05, 4.69) is 10.3 Å². The average Bonchev–Trinajstić information content (AvgIpc) is 2.74. The smallest absolute Gasteiger partial charge is 0.408 e. The van der Waals surface area contributed by atoms with Gasteiger partial charge < -0.3 is 19.2 Å². The van der Waals surface area contributed by atoms with Crippen molar-refractivity contribution in [1.29, 1.82) is 0 Å². The van der Waals surface area contributed by atoms with Crippen molar-refractivity contribution in [2.45, 2.75) is 52.7 Å². The Bertz CT molecular complexity index is 514. The molecule has 0 spiro atoms. The van der Waals surface area contributed by atoms with Crippen LogP contribution in [-0.4, -0.2) is 29.3 Å². The highest BCUT2D eigenvalue weighted by Gasteiger charge is 2.34. The van der Waals surface area contributed by atoms with E-state index in [4.69, 9.17) is 13.9 Å². The molecule has 0 aromatic carbocycles. The fraction of sp³-hybridized carbons (Fsp3) is 0.643. The molecule has 0 saturated heterocycles. The number of esters is 1. The lowest BCUT2D eigenvalue weighted by Crippen LogP contribution is -2.44. The molecule has 0 unspecified atom stereocenters. The number of hydrogen-bond acceptors (Lipinski definition) is 6. The Balaban J connectivity index is 2.91. The summed E-state index contributed by atoms with van der Waals surface area (Å²) in [5.74, 6) is -0.382. The van der Waals surface area contributed by atoms with Gasteiger partial charge in [-0.3, -0.25) is 0 Å². The van der Waals surface area contributed by atoms with E-state index >= 15 is 0 Å². The summed E-state index contributed by atoms with van der Waals surface area (Å²) in [5, 5.41) is 2.65. The summed E-state index contributed by atoms with van der Waals surface area (Å²) < 4.78 is 15.3. The van der Waals surface area contributed by atoms with Gasteiger partial charge in [-0.15, -0.1) is 0 Å². The van der Waals surface area contributed by atoms with Crippen LogP contribution in [0.25, 0.3) is 0 Å². The molecule has 0 saturated carbocycles. The summed E-state index contributed by atoms with van der Waals surface area (Å²) >= 11 is 0. The quantitative estimate of drug-likeness (QED) is 0.859. The van der Waals surface area contributed by atoms with Gasteiger partial charge in [0.25, 0.3) is 0 Å². The van der Waals surface area contributed by atoms with Crippen molar-refractivity contribution < 1.29 is 23.5 Å². The third-order valence-electron chi connectivity index (χ3n) is 2.42. The van der Waals surface area contributed by atoms with Gasteiger partial charge in [0.05, 0.1) is 12.1 Å². The number of amides is 1. The van der Waals surface area contributed by atoms with Crippen molar-refractivity contribution >= 4 is 12.1 Å². The summed E-state index contributed by atoms with van der Waals surface area (Å²) in [7, 11) is 0. The monoisotopic (exact) mass is 298 g/mol. The Morgan fingerprint density at radius 2 is 1.90 bits per heavy atom. The third kappa shape index (κ3) is 4.77. The fourth-order valence-electron chi connectivity index (χ4n) is 1.65. The highest BCUT2D eigenvalue weighted by molar-refractivity contribution is 5.88. The molecule has 1 aromatic heterocycles. The highest BCUT2D eigenvalue weighted by atomic mass is 16.6. The van der Waals surface area contributed by atoms with Crippen LogP contribution in [0.5, 0.6) is 0 Å². The molecule has 1 rings (SSSR count). The Hall–Kier alpha value is -2.05. The van der Waals surface area contributed by atoms with Crippen molar-refractivity contribution in [2.24, 2.45) is 0 Å². The minimum atomic E-state index is -0.971. The molecule has 1 amide bonds. The number of carbonyl (C=O) groups excluding carboxylic acids is 2. The Morgan fingerprint density at radius 3 is 2.43 bits per heavy atom. The summed E-state index contributed by atoms with van der Waals surface area (Å²) in [4.78, 5) is 27.5. The average molecular weight is 298 g/mol. The number of oxazole rings is 1. The van der Waals surface area contributed by atoms with Gasteiger partial charge in [-0.25, -0.2) is 14.6 Å². The molecule has 118 valence electrons. The number of ether oxygens (including phenoxy) is 2. The topological polar surface area (TPSA) is 90.7 Å². The van der Waals surface area contributed by atoms with Crippen LogP contribution in [0.1, 0.15) is 57.8 Å². The Morgan fingerprint density at radius 1 is 1.29 bits per heavy atom. The van der Waals surface area contributed by atoms with Crippen molar-refractivity contribution in [3.8, 4) is 0 Å². The molecule has 0 bridgehead atoms. The highest BCUT2D eigenvalue weighted by Crippen LogP contribution is 2.24. The summed E-state index contributed by atoms with van der Waals surface area (Å²) in [5.41, 5.74) is -1.55. The van der Waals surface area contributed by atoms with Gasteiger partial charge in [0.2, 0.25) is 0 Å². The van der Waals surface area contributed by atoms with Gasteiger partial charge in [0.1, 0.15) is 5.60 Å². The van der Waals surface area contributed by atoms with Crippen molar-refractivity contribution in [3.05, 3.63) is 17.8 Å². The number of hydrogen-bond donors (Lipinski definition) is 1. The van der Waals surface area contributed by atoms with Crippen LogP contribution in [0, 0.1) is 0 Å². The molecule has 1 heterocycles. The van der Waals surface area contributed by atoms with Gasteiger partial charge in [-0.2, -0.15) is 0 Å². The maximum atomic E-state index is 11.9. The normalized spacial score (nSPS) is 11.9. The van der Waals surface area contributed by atoms with E-state index in [-0.39, 0.29) is 18.1 Å². The van der Waals surface area contributed by atoms with E-state index in [9.17, 15) is 9.59 Å². The lowest BCUT2D eigenvalue weighted by Gasteiger charge is -2.27. The molecular formula is C14H22N2O5. The van der Waals surface area contributed by atoms with E-state index in [1.807, 2.05) is 0 Å². The summed E-state index contributed by atoms with van der Waals surface area (Å²) in [6.45, 7) is 10.6. The number of carbonyl (C=O) groups is 2. The molecule has 7 heteroatoms. The zero-order valence-electron chi connectivity index (χ0n) is 13.3. The maximum Gasteiger partial charge on any atom is 0.408 e. The van der Waals surface area contributed by atoms with E-state index < -0.39 is 23.2 Å². The van der Waals surface area contributed by atoms with E-state index in [0.717, 1.165) is 6.39 Å². The van der Waals surface area contributed by atoms with Crippen LogP contribution in [0.4, 0.5) is 4.79 Å². The zero-order chi connectivity index (χ0) is 16.3. The second-order valence-corrected chi connectivity index (χ2v) is 6.00. The van der Waals surface area contributed by atoms with Gasteiger partial charge in [-0.05, 0) is 41.5 Å². The van der Waals surface area contributed by atoms with Crippen LogP contribution < -0.4 is 5.32 Å². The second kappa shape index (κ2) is 6.15. The van der Waals surface area contributed by atoms with Crippen LogP contribution in [0.2, 0.25) is 0 Å². The summed E-state index contributed by atoms with van der Waals surface area (Å²) in [6, 6.07) is 0. The van der Waals surface area contributed by atoms with Crippen LogP contribution >= 0.6 is 0 Å². The molecule has 0 aliphatic rings. The molecule has 0 radical (unpaired) electrons. The van der Waals surface area contributed by atoms with E-state index in [1.165, 1.54) is 0 Å². The van der Waals surface area contributed by atoms with E-state index in [0.29, 0.717) is 0 Å². The number of aromatic nitrogens is 1. The van der Waals surface area contributed by atoms with Crippen molar-refractivity contribution in [2.75, 3.05) is 6.61 Å². The summed E-state index contributed by atoms with van der Waals surface area (Å²) in [6.07, 6.45) is 0.527. The molecule has 0 aliphatic carbocycles. The molecule has 1 aromatic rings. The zero-order valence-corrected chi connectivity index (χ0v) is 13.3. The van der Waals surface area contributed by atoms with Gasteiger partial charge >= 0.3 is 12.1 Å². The van der Waals surface area contributed by atoms with E-state index in [1.54, 1.807) is 41.5 Å². The molecular weight excluding hydrogens is 276 g/mol. The number of nitrogens with zero attached hydrogens (tertiary/aromatic N) is 1. The first-order valence-electron chi connectivity index (χ1n) is 6.69. The first-order chi connectivity index (χ1) is 9.57. The van der Waals surface area contributed by atoms with Crippen LogP contribution in [0.3, 0.4) is 0 Å². The molecule has 0 aliphatic heterocycles. The van der Waals surface area contributed by atoms with Crippen LogP contribution in [0.15, 0.2) is 10.8 Å². The molecule has 21 heavy (non-hydrogen) atoms. The van der Waals surface area contributed by atoms with Gasteiger partial charge in [0, 0.05) is 0 Å². The predicted molar refractivity (Wildman–Crippen MR) is 74.9 cm³/mol. The maximum absolute atomic E-state index is 11.9. The lowest BCUT2D eigenvalue weighted by atomic mass is 10.00. The number of rotatable bonds is 4. The van der Waals surface area contributed by atoms with Gasteiger partial charge in [0.15, 0.2) is 17.8 Å². The molecule has 0 atom stereocenters. The molecule has 0 fully saturated rings. The Kier molecular flexibility index (Phi) is 4.98. The number of alkyl carbamates (subject to hydrolysis) is 1. The third-order valence-corrected chi connectivity index (χ3v) is 2.42. The second-order valence-electron chi connectivity index (χ2n) is 6.00.